The molecule has 0 saturated carbocycles. The predicted octanol–water partition coefficient (Wildman–Crippen LogP) is 3.08. The smallest absolute Gasteiger partial charge is 0.344 e. The summed E-state index contributed by atoms with van der Waals surface area (Å²) < 4.78 is 15.8. The van der Waals surface area contributed by atoms with E-state index in [0.717, 1.165) is 0 Å². The minimum atomic E-state index is -0.653. The Balaban J connectivity index is 1.92. The van der Waals surface area contributed by atoms with Gasteiger partial charge in [0, 0.05) is 33.5 Å². The van der Waals surface area contributed by atoms with E-state index < -0.39 is 17.2 Å². The molecule has 140 valence electrons. The summed E-state index contributed by atoms with van der Waals surface area (Å²) in [7, 11) is 0. The summed E-state index contributed by atoms with van der Waals surface area (Å²) in [5.41, 5.74) is 4.92. The molecule has 8 heteroatoms. The maximum absolute atomic E-state index is 12.5. The van der Waals surface area contributed by atoms with Crippen LogP contribution in [0.25, 0.3) is 33.1 Å². The second kappa shape index (κ2) is 6.86. The normalized spacial score (nSPS) is 11.0. The average Bonchev–Trinajstić information content (AvgIpc) is 2.65. The Morgan fingerprint density at radius 3 is 2.57 bits per heavy atom. The van der Waals surface area contributed by atoms with Crippen molar-refractivity contribution in [1.82, 2.24) is 0 Å². The number of benzene rings is 2. The molecule has 28 heavy (non-hydrogen) atoms. The van der Waals surface area contributed by atoms with Crippen LogP contribution in [0, 0.1) is 0 Å². The Morgan fingerprint density at radius 2 is 1.79 bits per heavy atom. The van der Waals surface area contributed by atoms with Gasteiger partial charge in [0.1, 0.15) is 16.9 Å². The highest BCUT2D eigenvalue weighted by Crippen LogP contribution is 2.30. The Labute approximate surface area is 161 Å². The van der Waals surface area contributed by atoms with Crippen LogP contribution in [0.5, 0.6) is 5.75 Å². The number of hydrogen-bond acceptors (Lipinski definition) is 6. The summed E-state index contributed by atoms with van der Waals surface area (Å²) in [4.78, 5) is 35.4. The van der Waals surface area contributed by atoms with Crippen molar-refractivity contribution in [1.29, 1.82) is 0 Å². The molecule has 0 atom stereocenters. The third-order valence-corrected chi connectivity index (χ3v) is 4.32. The molecule has 2 N–H and O–H groups in total. The molecular formula is C20H12ClNO6. The Morgan fingerprint density at radius 1 is 0.964 bits per heavy atom. The van der Waals surface area contributed by atoms with E-state index in [1.165, 1.54) is 12.1 Å². The fourth-order valence-corrected chi connectivity index (χ4v) is 3.07. The number of fused-ring (bicyclic) bond motifs is 2. The standard InChI is InChI=1S/C20H12ClNO6/c21-11-1-4-16-10(5-11)6-15(20(25)28-16)14-8-19(24)27-17-7-12(2-3-13(14)17)26-9-18(22)23/h1-8H,9H2,(H2,22,23). The molecule has 2 heterocycles. The lowest BCUT2D eigenvalue weighted by molar-refractivity contribution is -0.119. The first-order valence-electron chi connectivity index (χ1n) is 8.13. The van der Waals surface area contributed by atoms with Crippen LogP contribution in [0.4, 0.5) is 0 Å². The highest BCUT2D eigenvalue weighted by Gasteiger charge is 2.14. The van der Waals surface area contributed by atoms with Gasteiger partial charge >= 0.3 is 11.3 Å². The molecular weight excluding hydrogens is 386 g/mol. The molecule has 0 fully saturated rings. The molecule has 0 bridgehead atoms. The van der Waals surface area contributed by atoms with Crippen LogP contribution in [0.1, 0.15) is 0 Å². The fraction of sp³-hybridized carbons (Fsp3) is 0.0500. The molecule has 2 aromatic heterocycles. The molecule has 4 rings (SSSR count). The maximum Gasteiger partial charge on any atom is 0.344 e. The number of primary amides is 1. The number of carbonyl (C=O) groups is 1. The molecule has 4 aromatic rings. The zero-order valence-corrected chi connectivity index (χ0v) is 15.0. The number of ether oxygens (including phenoxy) is 1. The second-order valence-electron chi connectivity index (χ2n) is 6.02. The molecule has 0 saturated heterocycles. The monoisotopic (exact) mass is 397 g/mol. The fourth-order valence-electron chi connectivity index (χ4n) is 2.89. The van der Waals surface area contributed by atoms with Crippen LogP contribution < -0.4 is 21.7 Å². The zero-order chi connectivity index (χ0) is 19.8. The van der Waals surface area contributed by atoms with Crippen LogP contribution in [0.15, 0.2) is 67.0 Å². The van der Waals surface area contributed by atoms with Gasteiger partial charge in [0.15, 0.2) is 6.61 Å². The third-order valence-electron chi connectivity index (χ3n) is 4.08. The van der Waals surface area contributed by atoms with Gasteiger partial charge in [-0.15, -0.1) is 0 Å². The van der Waals surface area contributed by atoms with Gasteiger partial charge in [0.05, 0.1) is 5.56 Å². The Kier molecular flexibility index (Phi) is 4.37. The average molecular weight is 398 g/mol. The first kappa shape index (κ1) is 17.8. The highest BCUT2D eigenvalue weighted by atomic mass is 35.5. The molecule has 0 spiro atoms. The van der Waals surface area contributed by atoms with Gasteiger partial charge in [-0.1, -0.05) is 11.6 Å². The number of halogens is 1. The molecule has 1 amide bonds. The van der Waals surface area contributed by atoms with E-state index in [0.29, 0.717) is 32.7 Å². The lowest BCUT2D eigenvalue weighted by Crippen LogP contribution is -2.20. The molecule has 0 aliphatic carbocycles. The van der Waals surface area contributed by atoms with Crippen molar-refractivity contribution in [3.8, 4) is 16.9 Å². The summed E-state index contributed by atoms with van der Waals surface area (Å²) in [5.74, 6) is -0.341. The lowest BCUT2D eigenvalue weighted by atomic mass is 10.0. The summed E-state index contributed by atoms with van der Waals surface area (Å²) in [6, 6.07) is 12.3. The number of nitrogens with two attached hydrogens (primary N) is 1. The largest absolute Gasteiger partial charge is 0.484 e. The van der Waals surface area contributed by atoms with Crippen LogP contribution >= 0.6 is 11.6 Å². The van der Waals surface area contributed by atoms with Crippen LogP contribution in [0.3, 0.4) is 0 Å². The molecule has 7 nitrogen and oxygen atoms in total. The molecule has 0 unspecified atom stereocenters. The highest BCUT2D eigenvalue weighted by molar-refractivity contribution is 6.31. The van der Waals surface area contributed by atoms with Gasteiger partial charge in [0.25, 0.3) is 5.91 Å². The third kappa shape index (κ3) is 3.35. The van der Waals surface area contributed by atoms with Crippen molar-refractivity contribution in [2.75, 3.05) is 6.61 Å². The SMILES string of the molecule is NC(=O)COc1ccc2c(-c3cc4cc(Cl)ccc4oc3=O)cc(=O)oc2c1. The number of amides is 1. The minimum Gasteiger partial charge on any atom is -0.484 e. The van der Waals surface area contributed by atoms with E-state index in [-0.39, 0.29) is 17.8 Å². The van der Waals surface area contributed by atoms with E-state index in [4.69, 9.17) is 30.9 Å². The van der Waals surface area contributed by atoms with Gasteiger partial charge in [-0.25, -0.2) is 9.59 Å². The summed E-state index contributed by atoms with van der Waals surface area (Å²) >= 11 is 6.01. The first-order valence-corrected chi connectivity index (χ1v) is 8.51. The number of rotatable bonds is 4. The van der Waals surface area contributed by atoms with Gasteiger partial charge < -0.3 is 19.3 Å². The van der Waals surface area contributed by atoms with E-state index in [9.17, 15) is 14.4 Å². The van der Waals surface area contributed by atoms with Crippen molar-refractivity contribution in [2.24, 2.45) is 5.73 Å². The van der Waals surface area contributed by atoms with Gasteiger partial charge in [-0.05, 0) is 36.4 Å². The zero-order valence-electron chi connectivity index (χ0n) is 14.2. The van der Waals surface area contributed by atoms with Crippen molar-refractivity contribution in [3.63, 3.8) is 0 Å². The topological polar surface area (TPSA) is 113 Å². The van der Waals surface area contributed by atoms with Gasteiger partial charge in [-0.2, -0.15) is 0 Å². The van der Waals surface area contributed by atoms with Crippen molar-refractivity contribution >= 4 is 39.4 Å². The molecule has 0 radical (unpaired) electrons. The molecule has 0 aliphatic rings. The summed E-state index contributed by atoms with van der Waals surface area (Å²) in [5, 5.41) is 1.60. The van der Waals surface area contributed by atoms with Gasteiger partial charge in [0.2, 0.25) is 0 Å². The van der Waals surface area contributed by atoms with Gasteiger partial charge in [-0.3, -0.25) is 4.79 Å². The molecule has 2 aromatic carbocycles. The Hall–Kier alpha value is -3.58. The Bertz CT molecular complexity index is 1350. The van der Waals surface area contributed by atoms with E-state index in [1.807, 2.05) is 0 Å². The first-order chi connectivity index (χ1) is 13.4. The van der Waals surface area contributed by atoms with Crippen molar-refractivity contribution < 1.29 is 18.4 Å². The van der Waals surface area contributed by atoms with Crippen molar-refractivity contribution in [2.45, 2.75) is 0 Å². The molecule has 0 aliphatic heterocycles. The van der Waals surface area contributed by atoms with E-state index in [1.54, 1.807) is 36.4 Å². The summed E-state index contributed by atoms with van der Waals surface area (Å²) in [6.07, 6.45) is 0. The van der Waals surface area contributed by atoms with Crippen LogP contribution in [-0.2, 0) is 4.79 Å². The van der Waals surface area contributed by atoms with Crippen LogP contribution in [0.2, 0.25) is 5.02 Å². The van der Waals surface area contributed by atoms with E-state index in [2.05, 4.69) is 0 Å². The lowest BCUT2D eigenvalue weighted by Gasteiger charge is -2.08. The van der Waals surface area contributed by atoms with Crippen molar-refractivity contribution in [3.05, 3.63) is 74.4 Å². The maximum atomic E-state index is 12.5. The summed E-state index contributed by atoms with van der Waals surface area (Å²) in [6.45, 7) is -0.315. The minimum absolute atomic E-state index is 0.190. The van der Waals surface area contributed by atoms with E-state index >= 15 is 0 Å². The predicted molar refractivity (Wildman–Crippen MR) is 104 cm³/mol. The number of hydrogen-bond donors (Lipinski definition) is 1. The number of carbonyl (C=O) groups excluding carboxylic acids is 1. The quantitative estimate of drug-likeness (QED) is 0.529. The second-order valence-corrected chi connectivity index (χ2v) is 6.46. The van der Waals surface area contributed by atoms with Crippen LogP contribution in [-0.4, -0.2) is 12.5 Å².